The summed E-state index contributed by atoms with van der Waals surface area (Å²) >= 11 is 0.837. The van der Waals surface area contributed by atoms with Gasteiger partial charge in [0.15, 0.2) is 5.13 Å². The predicted molar refractivity (Wildman–Crippen MR) is 61.0 cm³/mol. The second-order valence-corrected chi connectivity index (χ2v) is 5.35. The van der Waals surface area contributed by atoms with Crippen molar-refractivity contribution in [2.45, 2.75) is 33.3 Å². The molecule has 94 valence electrons. The number of hydrogen-bond donors (Lipinski definition) is 1. The number of carboxylic acids is 1. The third-order valence-corrected chi connectivity index (χ3v) is 2.64. The van der Waals surface area contributed by atoms with E-state index in [2.05, 4.69) is 10.3 Å². The van der Waals surface area contributed by atoms with Crippen LogP contribution in [0, 0.1) is 6.92 Å². The lowest BCUT2D eigenvalue weighted by Crippen LogP contribution is -2.27. The summed E-state index contributed by atoms with van der Waals surface area (Å²) < 4.78 is 5.00. The van der Waals surface area contributed by atoms with Crippen LogP contribution in [0.5, 0.6) is 0 Å². The Morgan fingerprint density at radius 1 is 1.41 bits per heavy atom. The van der Waals surface area contributed by atoms with Crippen molar-refractivity contribution in [3.05, 3.63) is 10.6 Å². The Bertz CT molecular complexity index is 448. The molecule has 7 heteroatoms. The van der Waals surface area contributed by atoms with Crippen LogP contribution in [0.15, 0.2) is 0 Å². The molecule has 17 heavy (non-hydrogen) atoms. The number of ether oxygens (including phenoxy) is 1. The predicted octanol–water partition coefficient (Wildman–Crippen LogP) is 1.16. The average molecular weight is 257 g/mol. The van der Waals surface area contributed by atoms with E-state index in [4.69, 9.17) is 4.74 Å². The lowest BCUT2D eigenvalue weighted by atomic mass is 10.2. The van der Waals surface area contributed by atoms with E-state index in [-0.39, 0.29) is 10.0 Å². The van der Waals surface area contributed by atoms with Crippen molar-refractivity contribution in [3.63, 3.8) is 0 Å². The van der Waals surface area contributed by atoms with Gasteiger partial charge in [-0.3, -0.25) is 5.32 Å². The standard InChI is InChI=1S/C10H14N2O4S/c1-5-6(7(13)14)17-8(11-5)12-9(15)16-10(2,3)4/h1-4H3,(H,13,14)(H,11,12,15)/p-1. The third-order valence-electron chi connectivity index (χ3n) is 1.59. The number of amides is 1. The smallest absolute Gasteiger partial charge is 0.413 e. The molecule has 1 amide bonds. The van der Waals surface area contributed by atoms with E-state index in [1.165, 1.54) is 6.92 Å². The van der Waals surface area contributed by atoms with E-state index < -0.39 is 17.7 Å². The lowest BCUT2D eigenvalue weighted by Gasteiger charge is -2.18. The normalized spacial score (nSPS) is 11.1. The van der Waals surface area contributed by atoms with Crippen LogP contribution in [0.25, 0.3) is 0 Å². The highest BCUT2D eigenvalue weighted by Crippen LogP contribution is 2.22. The fraction of sp³-hybridized carbons (Fsp3) is 0.500. The minimum absolute atomic E-state index is 0.00365. The highest BCUT2D eigenvalue weighted by Gasteiger charge is 2.18. The molecule has 1 aromatic heterocycles. The number of aromatic carboxylic acids is 1. The maximum atomic E-state index is 11.4. The SMILES string of the molecule is Cc1nc(NC(=O)OC(C)(C)C)sc1C(=O)[O-]. The number of aryl methyl sites for hydroxylation is 1. The van der Waals surface area contributed by atoms with Gasteiger partial charge in [0.2, 0.25) is 0 Å². The summed E-state index contributed by atoms with van der Waals surface area (Å²) in [5.74, 6) is -1.31. The molecular formula is C10H13N2O4S-. The quantitative estimate of drug-likeness (QED) is 0.858. The van der Waals surface area contributed by atoms with Crippen LogP contribution in [-0.2, 0) is 4.74 Å². The van der Waals surface area contributed by atoms with Gasteiger partial charge in [0.1, 0.15) is 5.60 Å². The van der Waals surface area contributed by atoms with Crippen LogP contribution < -0.4 is 10.4 Å². The number of carboxylic acid groups (broad SMARTS) is 1. The molecule has 0 unspecified atom stereocenters. The molecule has 0 fully saturated rings. The van der Waals surface area contributed by atoms with E-state index in [1.807, 2.05) is 0 Å². The zero-order valence-corrected chi connectivity index (χ0v) is 10.8. The monoisotopic (exact) mass is 257 g/mol. The van der Waals surface area contributed by atoms with Gasteiger partial charge in [-0.05, 0) is 27.7 Å². The molecule has 6 nitrogen and oxygen atoms in total. The Morgan fingerprint density at radius 2 is 2.00 bits per heavy atom. The number of anilines is 1. The Balaban J connectivity index is 2.73. The summed E-state index contributed by atoms with van der Waals surface area (Å²) in [6, 6.07) is 0. The molecule has 1 rings (SSSR count). The van der Waals surface area contributed by atoms with E-state index >= 15 is 0 Å². The molecule has 1 N–H and O–H groups in total. The maximum absolute atomic E-state index is 11.4. The molecule has 0 aliphatic carbocycles. The summed E-state index contributed by atoms with van der Waals surface area (Å²) in [6.45, 7) is 6.72. The Kier molecular flexibility index (Phi) is 3.72. The van der Waals surface area contributed by atoms with Crippen molar-refractivity contribution >= 4 is 28.5 Å². The van der Waals surface area contributed by atoms with Crippen molar-refractivity contribution in [2.75, 3.05) is 5.32 Å². The summed E-state index contributed by atoms with van der Waals surface area (Å²) in [7, 11) is 0. The number of nitrogens with zero attached hydrogens (tertiary/aromatic N) is 1. The topological polar surface area (TPSA) is 91.3 Å². The third kappa shape index (κ3) is 4.03. The lowest BCUT2D eigenvalue weighted by molar-refractivity contribution is -0.254. The number of rotatable bonds is 2. The first-order valence-corrected chi connectivity index (χ1v) is 5.69. The van der Waals surface area contributed by atoms with Gasteiger partial charge in [-0.15, -0.1) is 0 Å². The fourth-order valence-electron chi connectivity index (χ4n) is 1.03. The molecule has 0 aromatic carbocycles. The summed E-state index contributed by atoms with van der Waals surface area (Å²) in [5.41, 5.74) is -0.311. The Morgan fingerprint density at radius 3 is 2.41 bits per heavy atom. The highest BCUT2D eigenvalue weighted by molar-refractivity contribution is 7.17. The van der Waals surface area contributed by atoms with E-state index in [0.717, 1.165) is 11.3 Å². The molecule has 0 bridgehead atoms. The zero-order valence-electron chi connectivity index (χ0n) is 9.99. The van der Waals surface area contributed by atoms with Crippen molar-refractivity contribution in [1.82, 2.24) is 4.98 Å². The minimum Gasteiger partial charge on any atom is -0.544 e. The van der Waals surface area contributed by atoms with Gasteiger partial charge in [-0.1, -0.05) is 11.3 Å². The van der Waals surface area contributed by atoms with Crippen LogP contribution >= 0.6 is 11.3 Å². The van der Waals surface area contributed by atoms with Gasteiger partial charge in [-0.25, -0.2) is 9.78 Å². The first kappa shape index (κ1) is 13.4. The van der Waals surface area contributed by atoms with Crippen LogP contribution in [-0.4, -0.2) is 22.6 Å². The van der Waals surface area contributed by atoms with Gasteiger partial charge < -0.3 is 14.6 Å². The molecule has 0 aliphatic rings. The molecule has 1 heterocycles. The van der Waals surface area contributed by atoms with Gasteiger partial charge in [0.05, 0.1) is 16.5 Å². The van der Waals surface area contributed by atoms with E-state index in [0.29, 0.717) is 5.69 Å². The van der Waals surface area contributed by atoms with Crippen LogP contribution in [0.2, 0.25) is 0 Å². The number of hydrogen-bond acceptors (Lipinski definition) is 6. The number of nitrogens with one attached hydrogen (secondary N) is 1. The summed E-state index contributed by atoms with van der Waals surface area (Å²) in [6.07, 6.45) is -0.670. The maximum Gasteiger partial charge on any atom is 0.413 e. The second kappa shape index (κ2) is 4.70. The molecule has 0 radical (unpaired) electrons. The molecule has 0 atom stereocenters. The van der Waals surface area contributed by atoms with Gasteiger partial charge >= 0.3 is 6.09 Å². The largest absolute Gasteiger partial charge is 0.544 e. The molecule has 0 spiro atoms. The molecule has 0 saturated heterocycles. The summed E-state index contributed by atoms with van der Waals surface area (Å²) in [5, 5.41) is 13.2. The Hall–Kier alpha value is -1.63. The molecule has 0 aliphatic heterocycles. The van der Waals surface area contributed by atoms with Crippen LogP contribution in [0.3, 0.4) is 0 Å². The van der Waals surface area contributed by atoms with Gasteiger partial charge in [0, 0.05) is 0 Å². The first-order valence-electron chi connectivity index (χ1n) is 4.88. The van der Waals surface area contributed by atoms with Crippen molar-refractivity contribution in [3.8, 4) is 0 Å². The number of aromatic nitrogens is 1. The zero-order chi connectivity index (χ0) is 13.2. The number of carbonyl (C=O) groups excluding carboxylic acids is 2. The average Bonchev–Trinajstić information content (AvgIpc) is 2.42. The van der Waals surface area contributed by atoms with Crippen molar-refractivity contribution < 1.29 is 19.4 Å². The second-order valence-electron chi connectivity index (χ2n) is 4.35. The molecule has 0 saturated carbocycles. The highest BCUT2D eigenvalue weighted by atomic mass is 32.1. The fourth-order valence-corrected chi connectivity index (χ4v) is 1.82. The van der Waals surface area contributed by atoms with E-state index in [1.54, 1.807) is 20.8 Å². The number of carbonyl (C=O) groups is 2. The minimum atomic E-state index is -1.31. The van der Waals surface area contributed by atoms with Crippen molar-refractivity contribution in [1.29, 1.82) is 0 Å². The first-order chi connectivity index (χ1) is 7.69. The van der Waals surface area contributed by atoms with Gasteiger partial charge in [-0.2, -0.15) is 0 Å². The summed E-state index contributed by atoms with van der Waals surface area (Å²) in [4.78, 5) is 25.9. The van der Waals surface area contributed by atoms with Gasteiger partial charge in [0.25, 0.3) is 0 Å². The Labute approximate surface area is 103 Å². The van der Waals surface area contributed by atoms with E-state index in [9.17, 15) is 14.7 Å². The molecular weight excluding hydrogens is 244 g/mol. The van der Waals surface area contributed by atoms with Crippen LogP contribution in [0.1, 0.15) is 36.1 Å². The van der Waals surface area contributed by atoms with Crippen molar-refractivity contribution in [2.24, 2.45) is 0 Å². The number of thiazole rings is 1. The molecule has 1 aromatic rings. The van der Waals surface area contributed by atoms with Crippen LogP contribution in [0.4, 0.5) is 9.93 Å².